The second kappa shape index (κ2) is 7.90. The van der Waals surface area contributed by atoms with Crippen LogP contribution in [0, 0.1) is 0 Å². The smallest absolute Gasteiger partial charge is 0.222 e. The van der Waals surface area contributed by atoms with Gasteiger partial charge in [-0.3, -0.25) is 14.6 Å². The van der Waals surface area contributed by atoms with E-state index in [9.17, 15) is 4.79 Å². The molecule has 2 heterocycles. The highest BCUT2D eigenvalue weighted by molar-refractivity contribution is 6.30. The fourth-order valence-corrected chi connectivity index (χ4v) is 4.23. The molecule has 0 aliphatic carbocycles. The van der Waals surface area contributed by atoms with Crippen LogP contribution in [0.15, 0.2) is 36.9 Å². The van der Waals surface area contributed by atoms with Crippen LogP contribution in [-0.2, 0) is 11.3 Å². The number of amides is 1. The van der Waals surface area contributed by atoms with Gasteiger partial charge >= 0.3 is 0 Å². The number of carbonyl (C=O) groups is 1. The zero-order chi connectivity index (χ0) is 17.9. The van der Waals surface area contributed by atoms with Crippen molar-refractivity contribution in [3.63, 3.8) is 0 Å². The Balaban J connectivity index is 1.70. The fourth-order valence-electron chi connectivity index (χ4n) is 4.11. The molecular formula is C20H28ClN3O. The SMILES string of the molecule is C=CCN1CC[C@]2(CCC1=O)CN(Cc1ccc(Cl)cc1)CCN2C. The van der Waals surface area contributed by atoms with Crippen molar-refractivity contribution in [3.05, 3.63) is 47.5 Å². The highest BCUT2D eigenvalue weighted by Gasteiger charge is 2.41. The van der Waals surface area contributed by atoms with Crippen LogP contribution in [0.1, 0.15) is 24.8 Å². The Bertz CT molecular complexity index is 618. The van der Waals surface area contributed by atoms with Crippen LogP contribution in [0.5, 0.6) is 0 Å². The molecule has 1 aromatic rings. The van der Waals surface area contributed by atoms with Gasteiger partial charge in [0.05, 0.1) is 0 Å². The van der Waals surface area contributed by atoms with Gasteiger partial charge in [-0.25, -0.2) is 0 Å². The second-order valence-corrected chi connectivity index (χ2v) is 7.80. The number of rotatable bonds is 4. The molecule has 1 atom stereocenters. The summed E-state index contributed by atoms with van der Waals surface area (Å²) in [7, 11) is 2.22. The zero-order valence-electron chi connectivity index (χ0n) is 15.1. The maximum absolute atomic E-state index is 12.4. The summed E-state index contributed by atoms with van der Waals surface area (Å²) in [5.74, 6) is 0.264. The van der Waals surface area contributed by atoms with E-state index < -0.39 is 0 Å². The van der Waals surface area contributed by atoms with Gasteiger partial charge in [-0.05, 0) is 37.6 Å². The molecule has 1 amide bonds. The summed E-state index contributed by atoms with van der Waals surface area (Å²) in [6.45, 7) is 9.33. The van der Waals surface area contributed by atoms with E-state index in [-0.39, 0.29) is 11.4 Å². The first kappa shape index (κ1) is 18.4. The Hall–Kier alpha value is -1.36. The lowest BCUT2D eigenvalue weighted by atomic mass is 9.86. The molecule has 5 heteroatoms. The van der Waals surface area contributed by atoms with Gasteiger partial charge in [-0.1, -0.05) is 29.8 Å². The molecule has 2 fully saturated rings. The standard InChI is InChI=1S/C20H28ClN3O/c1-3-11-24-12-10-20(9-8-19(24)25)16-23(14-13-22(20)2)15-17-4-6-18(21)7-5-17/h3-7H,1,8-16H2,2H3/t20-/m1/s1. The van der Waals surface area contributed by atoms with Crippen molar-refractivity contribution in [1.82, 2.24) is 14.7 Å². The van der Waals surface area contributed by atoms with Gasteiger partial charge in [0.2, 0.25) is 5.91 Å². The Labute approximate surface area is 156 Å². The molecule has 1 aromatic carbocycles. The van der Waals surface area contributed by atoms with Crippen LogP contribution < -0.4 is 0 Å². The molecule has 2 aliphatic heterocycles. The summed E-state index contributed by atoms with van der Waals surface area (Å²) in [4.78, 5) is 19.3. The zero-order valence-corrected chi connectivity index (χ0v) is 15.8. The van der Waals surface area contributed by atoms with Gasteiger partial charge in [0.25, 0.3) is 0 Å². The Morgan fingerprint density at radius 2 is 1.96 bits per heavy atom. The molecule has 4 nitrogen and oxygen atoms in total. The number of hydrogen-bond acceptors (Lipinski definition) is 3. The Morgan fingerprint density at radius 3 is 2.68 bits per heavy atom. The molecule has 3 rings (SSSR count). The van der Waals surface area contributed by atoms with Crippen molar-refractivity contribution < 1.29 is 4.79 Å². The number of likely N-dealkylation sites (N-methyl/N-ethyl adjacent to an activating group) is 1. The maximum Gasteiger partial charge on any atom is 0.222 e. The van der Waals surface area contributed by atoms with E-state index in [1.807, 2.05) is 23.1 Å². The average molecular weight is 362 g/mol. The molecule has 136 valence electrons. The molecule has 0 aromatic heterocycles. The molecular weight excluding hydrogens is 334 g/mol. The summed E-state index contributed by atoms with van der Waals surface area (Å²) < 4.78 is 0. The van der Waals surface area contributed by atoms with Gasteiger partial charge in [0.1, 0.15) is 0 Å². The van der Waals surface area contributed by atoms with E-state index in [2.05, 4.69) is 35.6 Å². The third kappa shape index (κ3) is 4.25. The normalized spacial score (nSPS) is 26.0. The molecule has 2 aliphatic rings. The largest absolute Gasteiger partial charge is 0.339 e. The summed E-state index contributed by atoms with van der Waals surface area (Å²) in [6.07, 6.45) is 4.42. The minimum Gasteiger partial charge on any atom is -0.339 e. The number of nitrogens with zero attached hydrogens (tertiary/aromatic N) is 3. The molecule has 0 saturated carbocycles. The first-order valence-corrected chi connectivity index (χ1v) is 9.47. The van der Waals surface area contributed by atoms with Crippen LogP contribution in [0.2, 0.25) is 5.02 Å². The van der Waals surface area contributed by atoms with E-state index >= 15 is 0 Å². The summed E-state index contributed by atoms with van der Waals surface area (Å²) in [5.41, 5.74) is 1.39. The number of likely N-dealkylation sites (tertiary alicyclic amines) is 1. The minimum atomic E-state index is 0.0935. The molecule has 0 N–H and O–H groups in total. The van der Waals surface area contributed by atoms with E-state index in [0.29, 0.717) is 13.0 Å². The minimum absolute atomic E-state index is 0.0935. The monoisotopic (exact) mass is 361 g/mol. The summed E-state index contributed by atoms with van der Waals surface area (Å²) in [6, 6.07) is 8.13. The molecule has 1 spiro atoms. The summed E-state index contributed by atoms with van der Waals surface area (Å²) in [5, 5.41) is 0.781. The first-order chi connectivity index (χ1) is 12.0. The number of halogens is 1. The van der Waals surface area contributed by atoms with Crippen LogP contribution in [0.4, 0.5) is 0 Å². The lowest BCUT2D eigenvalue weighted by Gasteiger charge is -2.49. The first-order valence-electron chi connectivity index (χ1n) is 9.09. The van der Waals surface area contributed by atoms with Crippen LogP contribution in [-0.4, -0.2) is 65.9 Å². The third-order valence-electron chi connectivity index (χ3n) is 5.75. The van der Waals surface area contributed by atoms with Gasteiger partial charge in [-0.15, -0.1) is 6.58 Å². The van der Waals surface area contributed by atoms with Crippen molar-refractivity contribution in [1.29, 1.82) is 0 Å². The van der Waals surface area contributed by atoms with Crippen molar-refractivity contribution in [2.45, 2.75) is 31.3 Å². The predicted octanol–water partition coefficient (Wildman–Crippen LogP) is 3.02. The topological polar surface area (TPSA) is 26.8 Å². The Morgan fingerprint density at radius 1 is 1.20 bits per heavy atom. The maximum atomic E-state index is 12.4. The third-order valence-corrected chi connectivity index (χ3v) is 6.00. The van der Waals surface area contributed by atoms with Crippen LogP contribution in [0.3, 0.4) is 0 Å². The predicted molar refractivity (Wildman–Crippen MR) is 103 cm³/mol. The van der Waals surface area contributed by atoms with E-state index in [1.54, 1.807) is 0 Å². The van der Waals surface area contributed by atoms with E-state index in [1.165, 1.54) is 5.56 Å². The highest BCUT2D eigenvalue weighted by Crippen LogP contribution is 2.32. The van der Waals surface area contributed by atoms with E-state index in [0.717, 1.165) is 50.6 Å². The van der Waals surface area contributed by atoms with E-state index in [4.69, 9.17) is 11.6 Å². The van der Waals surface area contributed by atoms with Crippen molar-refractivity contribution in [2.75, 3.05) is 39.8 Å². The highest BCUT2D eigenvalue weighted by atomic mass is 35.5. The average Bonchev–Trinajstić information content (AvgIpc) is 2.75. The van der Waals surface area contributed by atoms with Crippen LogP contribution in [0.25, 0.3) is 0 Å². The lowest BCUT2D eigenvalue weighted by Crippen LogP contribution is -2.60. The van der Waals surface area contributed by atoms with Crippen molar-refractivity contribution >= 4 is 17.5 Å². The molecule has 0 radical (unpaired) electrons. The number of piperazine rings is 1. The fraction of sp³-hybridized carbons (Fsp3) is 0.550. The molecule has 0 bridgehead atoms. The quantitative estimate of drug-likeness (QED) is 0.771. The van der Waals surface area contributed by atoms with Gasteiger partial charge < -0.3 is 4.90 Å². The van der Waals surface area contributed by atoms with Gasteiger partial charge in [0.15, 0.2) is 0 Å². The number of hydrogen-bond donors (Lipinski definition) is 0. The second-order valence-electron chi connectivity index (χ2n) is 7.36. The Kier molecular flexibility index (Phi) is 5.82. The lowest BCUT2D eigenvalue weighted by molar-refractivity contribution is -0.130. The van der Waals surface area contributed by atoms with Crippen molar-refractivity contribution in [2.24, 2.45) is 0 Å². The molecule has 0 unspecified atom stereocenters. The number of benzene rings is 1. The van der Waals surface area contributed by atoms with Gasteiger partial charge in [0, 0.05) is 56.3 Å². The summed E-state index contributed by atoms with van der Waals surface area (Å²) >= 11 is 6.00. The van der Waals surface area contributed by atoms with Crippen LogP contribution >= 0.6 is 11.6 Å². The number of carbonyl (C=O) groups excluding carboxylic acids is 1. The molecule has 25 heavy (non-hydrogen) atoms. The van der Waals surface area contributed by atoms with Crippen molar-refractivity contribution in [3.8, 4) is 0 Å². The van der Waals surface area contributed by atoms with Gasteiger partial charge in [-0.2, -0.15) is 0 Å². The molecule has 2 saturated heterocycles.